The van der Waals surface area contributed by atoms with Crippen LogP contribution in [0.5, 0.6) is 0 Å². The Morgan fingerprint density at radius 3 is 1.96 bits per heavy atom. The van der Waals surface area contributed by atoms with Crippen LogP contribution in [0.1, 0.15) is 47.5 Å². The van der Waals surface area contributed by atoms with Gasteiger partial charge >= 0.3 is 0 Å². The molecule has 138 valence electrons. The second kappa shape index (κ2) is 7.85. The van der Waals surface area contributed by atoms with Crippen molar-refractivity contribution in [2.24, 2.45) is 17.3 Å². The Bertz CT molecular complexity index is 446. The van der Waals surface area contributed by atoms with Crippen molar-refractivity contribution in [2.45, 2.75) is 47.5 Å². The van der Waals surface area contributed by atoms with Crippen LogP contribution in [-0.4, -0.2) is 72.3 Å². The van der Waals surface area contributed by atoms with Crippen LogP contribution >= 0.6 is 0 Å². The smallest absolute Gasteiger partial charge is 0.228 e. The number of carbonyl (C=O) groups excluding carboxylic acids is 2. The monoisotopic (exact) mass is 337 g/mol. The molecule has 5 nitrogen and oxygen atoms in total. The number of carbonyl (C=O) groups is 2. The van der Waals surface area contributed by atoms with Crippen LogP contribution in [-0.2, 0) is 9.59 Å². The van der Waals surface area contributed by atoms with E-state index in [1.165, 1.54) is 0 Å². The van der Waals surface area contributed by atoms with Gasteiger partial charge in [0.05, 0.1) is 0 Å². The first-order chi connectivity index (χ1) is 11.2. The summed E-state index contributed by atoms with van der Waals surface area (Å²) in [6.45, 7) is 16.6. The number of nitrogens with zero attached hydrogens (tertiary/aromatic N) is 3. The van der Waals surface area contributed by atoms with Crippen LogP contribution in [0.25, 0.3) is 0 Å². The molecule has 0 saturated carbocycles. The van der Waals surface area contributed by atoms with Crippen molar-refractivity contribution in [3.63, 3.8) is 0 Å². The van der Waals surface area contributed by atoms with Crippen LogP contribution < -0.4 is 0 Å². The molecule has 5 heteroatoms. The Morgan fingerprint density at radius 1 is 0.958 bits per heavy atom. The van der Waals surface area contributed by atoms with Gasteiger partial charge in [-0.3, -0.25) is 14.5 Å². The Hall–Kier alpha value is -1.10. The van der Waals surface area contributed by atoms with Crippen molar-refractivity contribution < 1.29 is 9.59 Å². The fraction of sp³-hybridized carbons (Fsp3) is 0.895. The van der Waals surface area contributed by atoms with E-state index in [0.29, 0.717) is 17.7 Å². The number of hydrogen-bond donors (Lipinski definition) is 0. The van der Waals surface area contributed by atoms with Gasteiger partial charge < -0.3 is 9.80 Å². The molecule has 2 heterocycles. The van der Waals surface area contributed by atoms with Gasteiger partial charge in [-0.25, -0.2) is 0 Å². The van der Waals surface area contributed by atoms with Crippen molar-refractivity contribution in [1.82, 2.24) is 14.7 Å². The fourth-order valence-electron chi connectivity index (χ4n) is 3.58. The third-order valence-corrected chi connectivity index (χ3v) is 6.23. The van der Waals surface area contributed by atoms with Gasteiger partial charge in [-0.15, -0.1) is 0 Å². The summed E-state index contributed by atoms with van der Waals surface area (Å²) in [7, 11) is 0. The average Bonchev–Trinajstić information content (AvgIpc) is 2.55. The molecule has 2 saturated heterocycles. The topological polar surface area (TPSA) is 43.9 Å². The maximum absolute atomic E-state index is 12.7. The van der Waals surface area contributed by atoms with E-state index in [2.05, 4.69) is 37.5 Å². The fourth-order valence-corrected chi connectivity index (χ4v) is 3.58. The minimum Gasteiger partial charge on any atom is -0.342 e. The zero-order chi connectivity index (χ0) is 17.9. The number of piperazine rings is 1. The lowest BCUT2D eigenvalue weighted by Gasteiger charge is -2.41. The zero-order valence-corrected chi connectivity index (χ0v) is 16.2. The highest BCUT2D eigenvalue weighted by atomic mass is 16.2. The minimum atomic E-state index is -0.268. The van der Waals surface area contributed by atoms with E-state index in [0.717, 1.165) is 58.7 Å². The lowest BCUT2D eigenvalue weighted by atomic mass is 9.79. The molecule has 2 fully saturated rings. The number of rotatable bonds is 4. The number of amides is 2. The first-order valence-electron chi connectivity index (χ1n) is 9.49. The summed E-state index contributed by atoms with van der Waals surface area (Å²) in [5.41, 5.74) is -0.268. The maximum atomic E-state index is 12.7. The van der Waals surface area contributed by atoms with Gasteiger partial charge in [0.15, 0.2) is 0 Å². The van der Waals surface area contributed by atoms with E-state index >= 15 is 0 Å². The molecule has 2 aliphatic heterocycles. The quantitative estimate of drug-likeness (QED) is 0.789. The molecule has 0 bridgehead atoms. The predicted octanol–water partition coefficient (Wildman–Crippen LogP) is 2.07. The molecule has 2 rings (SSSR count). The Morgan fingerprint density at radius 2 is 1.50 bits per heavy atom. The molecular weight excluding hydrogens is 302 g/mol. The SMILES string of the molecule is CC(=O)N1CCN(CC2CCN(C(=O)C(C)(C)C(C)C)CC2)CC1. The predicted molar refractivity (Wildman–Crippen MR) is 96.6 cm³/mol. The summed E-state index contributed by atoms with van der Waals surface area (Å²) in [5, 5.41) is 0. The molecule has 2 aliphatic rings. The van der Waals surface area contributed by atoms with Gasteiger partial charge in [0.1, 0.15) is 0 Å². The first-order valence-corrected chi connectivity index (χ1v) is 9.49. The summed E-state index contributed by atoms with van der Waals surface area (Å²) in [5.74, 6) is 1.54. The van der Waals surface area contributed by atoms with E-state index in [4.69, 9.17) is 0 Å². The van der Waals surface area contributed by atoms with Gasteiger partial charge in [0.2, 0.25) is 11.8 Å². The number of piperidine rings is 1. The molecule has 0 aromatic carbocycles. The van der Waals surface area contributed by atoms with Crippen molar-refractivity contribution >= 4 is 11.8 Å². The molecule has 0 spiro atoms. The molecule has 0 aliphatic carbocycles. The molecular formula is C19H35N3O2. The molecule has 0 atom stereocenters. The molecule has 0 radical (unpaired) electrons. The summed E-state index contributed by atoms with van der Waals surface area (Å²) in [6, 6.07) is 0. The van der Waals surface area contributed by atoms with E-state index in [-0.39, 0.29) is 11.3 Å². The highest BCUT2D eigenvalue weighted by Gasteiger charge is 2.36. The molecule has 2 amide bonds. The third kappa shape index (κ3) is 4.50. The van der Waals surface area contributed by atoms with Crippen LogP contribution in [0, 0.1) is 17.3 Å². The van der Waals surface area contributed by atoms with Crippen molar-refractivity contribution in [2.75, 3.05) is 45.8 Å². The Balaban J connectivity index is 1.75. The van der Waals surface area contributed by atoms with Crippen LogP contribution in [0.15, 0.2) is 0 Å². The molecule has 0 aromatic heterocycles. The van der Waals surface area contributed by atoms with E-state index in [1.54, 1.807) is 6.92 Å². The van der Waals surface area contributed by atoms with Gasteiger partial charge in [-0.1, -0.05) is 27.7 Å². The first kappa shape index (κ1) is 19.2. The largest absolute Gasteiger partial charge is 0.342 e. The third-order valence-electron chi connectivity index (χ3n) is 6.23. The highest BCUT2D eigenvalue weighted by Crippen LogP contribution is 2.30. The van der Waals surface area contributed by atoms with Crippen molar-refractivity contribution in [3.8, 4) is 0 Å². The molecule has 0 aromatic rings. The number of hydrogen-bond acceptors (Lipinski definition) is 3. The number of likely N-dealkylation sites (tertiary alicyclic amines) is 1. The van der Waals surface area contributed by atoms with Gasteiger partial charge in [0, 0.05) is 58.2 Å². The van der Waals surface area contributed by atoms with Crippen molar-refractivity contribution in [1.29, 1.82) is 0 Å². The summed E-state index contributed by atoms with van der Waals surface area (Å²) < 4.78 is 0. The second-order valence-corrected chi connectivity index (χ2v) is 8.42. The maximum Gasteiger partial charge on any atom is 0.228 e. The minimum absolute atomic E-state index is 0.189. The van der Waals surface area contributed by atoms with Crippen LogP contribution in [0.2, 0.25) is 0 Å². The molecule has 24 heavy (non-hydrogen) atoms. The Labute approximate surface area is 147 Å². The summed E-state index contributed by atoms with van der Waals surface area (Å²) >= 11 is 0. The highest BCUT2D eigenvalue weighted by molar-refractivity contribution is 5.82. The van der Waals surface area contributed by atoms with Gasteiger partial charge in [-0.2, -0.15) is 0 Å². The van der Waals surface area contributed by atoms with Crippen molar-refractivity contribution in [3.05, 3.63) is 0 Å². The van der Waals surface area contributed by atoms with Crippen LogP contribution in [0.3, 0.4) is 0 Å². The van der Waals surface area contributed by atoms with Gasteiger partial charge in [-0.05, 0) is 24.7 Å². The zero-order valence-electron chi connectivity index (χ0n) is 16.2. The standard InChI is InChI=1S/C19H35N3O2/c1-15(2)19(4,5)18(24)22-8-6-17(7-9-22)14-20-10-12-21(13-11-20)16(3)23/h15,17H,6-14H2,1-5H3. The normalized spacial score (nSPS) is 21.4. The van der Waals surface area contributed by atoms with E-state index in [9.17, 15) is 9.59 Å². The summed E-state index contributed by atoms with van der Waals surface area (Å²) in [4.78, 5) is 30.6. The molecule has 0 N–H and O–H groups in total. The van der Waals surface area contributed by atoms with Crippen LogP contribution in [0.4, 0.5) is 0 Å². The lowest BCUT2D eigenvalue weighted by molar-refractivity contribution is -0.144. The van der Waals surface area contributed by atoms with Gasteiger partial charge in [0.25, 0.3) is 0 Å². The van der Waals surface area contributed by atoms with E-state index < -0.39 is 0 Å². The van der Waals surface area contributed by atoms with E-state index in [1.807, 2.05) is 4.90 Å². The second-order valence-electron chi connectivity index (χ2n) is 8.42. The summed E-state index contributed by atoms with van der Waals surface area (Å²) in [6.07, 6.45) is 2.21. The Kier molecular flexibility index (Phi) is 6.29. The molecule has 0 unspecified atom stereocenters. The average molecular weight is 338 g/mol. The lowest BCUT2D eigenvalue weighted by Crippen LogP contribution is -2.51.